The van der Waals surface area contributed by atoms with Crippen molar-refractivity contribution in [1.82, 2.24) is 0 Å². The van der Waals surface area contributed by atoms with Crippen LogP contribution in [0.1, 0.15) is 23.3 Å². The summed E-state index contributed by atoms with van der Waals surface area (Å²) in [6.07, 6.45) is -0.310. The molecule has 3 N–H and O–H groups in total. The van der Waals surface area contributed by atoms with Gasteiger partial charge in [-0.1, -0.05) is 12.1 Å². The summed E-state index contributed by atoms with van der Waals surface area (Å²) < 4.78 is 17.2. The van der Waals surface area contributed by atoms with Crippen molar-refractivity contribution in [2.75, 3.05) is 20.3 Å². The molecular weight excluding hydrogens is 324 g/mol. The summed E-state index contributed by atoms with van der Waals surface area (Å²) in [7, 11) is 1.52. The lowest BCUT2D eigenvalue weighted by atomic mass is 9.85. The fourth-order valence-electron chi connectivity index (χ4n) is 3.82. The zero-order chi connectivity index (χ0) is 17.6. The van der Waals surface area contributed by atoms with E-state index < -0.39 is 0 Å². The maximum Gasteiger partial charge on any atom is 0.160 e. The molecule has 0 saturated carbocycles. The molecule has 2 aliphatic rings. The van der Waals surface area contributed by atoms with Gasteiger partial charge in [0, 0.05) is 11.8 Å². The van der Waals surface area contributed by atoms with Gasteiger partial charge in [-0.25, -0.2) is 0 Å². The van der Waals surface area contributed by atoms with Crippen LogP contribution in [0.2, 0.25) is 0 Å². The van der Waals surface area contributed by atoms with Crippen molar-refractivity contribution < 1.29 is 29.5 Å². The van der Waals surface area contributed by atoms with Gasteiger partial charge in [0.05, 0.1) is 32.5 Å². The second-order valence-electron chi connectivity index (χ2n) is 6.52. The van der Waals surface area contributed by atoms with E-state index in [0.29, 0.717) is 19.0 Å². The molecule has 2 aliphatic heterocycles. The Morgan fingerprint density at radius 1 is 0.800 bits per heavy atom. The van der Waals surface area contributed by atoms with Crippen molar-refractivity contribution in [2.24, 2.45) is 11.8 Å². The normalized spacial score (nSPS) is 28.0. The van der Waals surface area contributed by atoms with E-state index in [4.69, 9.17) is 14.2 Å². The molecule has 2 aromatic rings. The van der Waals surface area contributed by atoms with Crippen LogP contribution in [0, 0.1) is 11.8 Å². The fraction of sp³-hybridized carbons (Fsp3) is 0.368. The van der Waals surface area contributed by atoms with Crippen LogP contribution in [-0.2, 0) is 9.47 Å². The SMILES string of the molecule is COc1cc([C@H]2OCC3C2CO[C@@H]3c2ccc(O)c(O)c2)ccc1O. The zero-order valence-electron chi connectivity index (χ0n) is 13.8. The Labute approximate surface area is 145 Å². The summed E-state index contributed by atoms with van der Waals surface area (Å²) in [6, 6.07) is 10.0. The van der Waals surface area contributed by atoms with E-state index in [9.17, 15) is 15.3 Å². The summed E-state index contributed by atoms with van der Waals surface area (Å²) in [5.74, 6) is 0.562. The van der Waals surface area contributed by atoms with E-state index in [0.717, 1.165) is 11.1 Å². The Morgan fingerprint density at radius 2 is 1.36 bits per heavy atom. The van der Waals surface area contributed by atoms with Crippen molar-refractivity contribution in [2.45, 2.75) is 12.2 Å². The van der Waals surface area contributed by atoms with Crippen LogP contribution in [0.15, 0.2) is 36.4 Å². The van der Waals surface area contributed by atoms with Crippen LogP contribution in [-0.4, -0.2) is 35.6 Å². The van der Waals surface area contributed by atoms with Gasteiger partial charge in [0.2, 0.25) is 0 Å². The highest BCUT2D eigenvalue weighted by atomic mass is 16.5. The summed E-state index contributed by atoms with van der Waals surface area (Å²) >= 11 is 0. The first-order valence-corrected chi connectivity index (χ1v) is 8.20. The lowest BCUT2D eigenvalue weighted by molar-refractivity contribution is 0.0191. The molecule has 2 fully saturated rings. The molecule has 0 spiro atoms. The molecule has 0 aliphatic carbocycles. The Bertz CT molecular complexity index is 789. The molecule has 25 heavy (non-hydrogen) atoms. The number of aromatic hydroxyl groups is 3. The molecule has 0 radical (unpaired) electrons. The minimum atomic E-state index is -0.180. The quantitative estimate of drug-likeness (QED) is 0.742. The molecule has 2 aromatic carbocycles. The van der Waals surface area contributed by atoms with E-state index >= 15 is 0 Å². The van der Waals surface area contributed by atoms with Gasteiger partial charge >= 0.3 is 0 Å². The monoisotopic (exact) mass is 344 g/mol. The Balaban J connectivity index is 1.58. The maximum atomic E-state index is 9.77. The van der Waals surface area contributed by atoms with E-state index in [2.05, 4.69) is 0 Å². The average Bonchev–Trinajstić information content (AvgIpc) is 3.20. The molecule has 0 bridgehead atoms. The second-order valence-corrected chi connectivity index (χ2v) is 6.52. The molecule has 6 heteroatoms. The van der Waals surface area contributed by atoms with Crippen molar-refractivity contribution in [3.8, 4) is 23.0 Å². The maximum absolute atomic E-state index is 9.77. The molecule has 0 aromatic heterocycles. The Hall–Kier alpha value is -2.44. The van der Waals surface area contributed by atoms with E-state index in [1.165, 1.54) is 13.2 Å². The third-order valence-electron chi connectivity index (χ3n) is 5.12. The number of rotatable bonds is 3. The Morgan fingerprint density at radius 3 is 1.92 bits per heavy atom. The van der Waals surface area contributed by atoms with Crippen molar-refractivity contribution in [1.29, 1.82) is 0 Å². The topological polar surface area (TPSA) is 88.4 Å². The van der Waals surface area contributed by atoms with Crippen molar-refractivity contribution >= 4 is 0 Å². The fourth-order valence-corrected chi connectivity index (χ4v) is 3.82. The predicted molar refractivity (Wildman–Crippen MR) is 88.8 cm³/mol. The van der Waals surface area contributed by atoms with Crippen LogP contribution in [0.4, 0.5) is 0 Å². The highest BCUT2D eigenvalue weighted by Gasteiger charge is 2.48. The molecule has 0 amide bonds. The van der Waals surface area contributed by atoms with Crippen molar-refractivity contribution in [3.05, 3.63) is 47.5 Å². The summed E-state index contributed by atoms with van der Waals surface area (Å²) in [4.78, 5) is 0. The van der Waals surface area contributed by atoms with Gasteiger partial charge in [-0.2, -0.15) is 0 Å². The molecule has 4 atom stereocenters. The number of ether oxygens (including phenoxy) is 3. The average molecular weight is 344 g/mol. The smallest absolute Gasteiger partial charge is 0.160 e. The Kier molecular flexibility index (Phi) is 3.94. The predicted octanol–water partition coefficient (Wildman–Crippen LogP) is 2.89. The molecule has 2 heterocycles. The second kappa shape index (κ2) is 6.13. The van der Waals surface area contributed by atoms with E-state index in [-0.39, 0.29) is 41.3 Å². The summed E-state index contributed by atoms with van der Waals surface area (Å²) in [5.41, 5.74) is 1.77. The molecule has 4 rings (SSSR count). The van der Waals surface area contributed by atoms with Crippen LogP contribution < -0.4 is 4.74 Å². The van der Waals surface area contributed by atoms with Gasteiger partial charge in [0.25, 0.3) is 0 Å². The van der Waals surface area contributed by atoms with Gasteiger partial charge in [-0.05, 0) is 35.4 Å². The first-order valence-electron chi connectivity index (χ1n) is 8.20. The number of hydrogen-bond acceptors (Lipinski definition) is 6. The highest BCUT2D eigenvalue weighted by Crippen LogP contribution is 2.51. The molecule has 2 unspecified atom stereocenters. The minimum absolute atomic E-state index is 0.0981. The molecular formula is C19H20O6. The van der Waals surface area contributed by atoms with Crippen LogP contribution >= 0.6 is 0 Å². The third kappa shape index (κ3) is 2.67. The zero-order valence-corrected chi connectivity index (χ0v) is 13.8. The van der Waals surface area contributed by atoms with E-state index in [1.807, 2.05) is 6.07 Å². The van der Waals surface area contributed by atoms with Gasteiger partial charge < -0.3 is 29.5 Å². The standard InChI is InChI=1S/C19H20O6/c1-23-17-7-11(3-5-15(17)21)19-13-9-24-18(12(13)8-25-19)10-2-4-14(20)16(22)6-10/h2-7,12-13,18-22H,8-9H2,1H3/t12?,13?,18-,19-/m1/s1. The summed E-state index contributed by atoms with van der Waals surface area (Å²) in [6.45, 7) is 1.09. The number of phenolic OH excluding ortho intramolecular Hbond substituents is 3. The molecule has 6 nitrogen and oxygen atoms in total. The summed E-state index contributed by atoms with van der Waals surface area (Å²) in [5, 5.41) is 29.0. The highest BCUT2D eigenvalue weighted by molar-refractivity contribution is 5.44. The molecule has 2 saturated heterocycles. The minimum Gasteiger partial charge on any atom is -0.504 e. The number of methoxy groups -OCH3 is 1. The third-order valence-corrected chi connectivity index (χ3v) is 5.12. The van der Waals surface area contributed by atoms with E-state index in [1.54, 1.807) is 24.3 Å². The van der Waals surface area contributed by atoms with Gasteiger partial charge in [-0.3, -0.25) is 0 Å². The van der Waals surface area contributed by atoms with Crippen LogP contribution in [0.5, 0.6) is 23.0 Å². The van der Waals surface area contributed by atoms with Crippen molar-refractivity contribution in [3.63, 3.8) is 0 Å². The number of phenols is 3. The number of fused-ring (bicyclic) bond motifs is 1. The van der Waals surface area contributed by atoms with Gasteiger partial charge in [0.1, 0.15) is 0 Å². The van der Waals surface area contributed by atoms with Crippen LogP contribution in [0.25, 0.3) is 0 Å². The largest absolute Gasteiger partial charge is 0.504 e. The number of benzene rings is 2. The van der Waals surface area contributed by atoms with Crippen LogP contribution in [0.3, 0.4) is 0 Å². The van der Waals surface area contributed by atoms with Gasteiger partial charge in [-0.15, -0.1) is 0 Å². The lowest BCUT2D eigenvalue weighted by Crippen LogP contribution is -2.14. The van der Waals surface area contributed by atoms with Gasteiger partial charge in [0.15, 0.2) is 23.0 Å². The molecule has 132 valence electrons. The first-order chi connectivity index (χ1) is 12.1. The number of hydrogen-bond donors (Lipinski definition) is 3. The first kappa shape index (κ1) is 16.1. The lowest BCUT2D eigenvalue weighted by Gasteiger charge is -2.17.